The van der Waals surface area contributed by atoms with Gasteiger partial charge in [0.05, 0.1) is 18.2 Å². The Morgan fingerprint density at radius 3 is 2.58 bits per heavy atom. The number of halogens is 2. The van der Waals surface area contributed by atoms with Crippen molar-refractivity contribution in [1.82, 2.24) is 10.3 Å². The van der Waals surface area contributed by atoms with E-state index in [1.165, 1.54) is 0 Å². The number of hydrogen-bond acceptors (Lipinski definition) is 4. The predicted molar refractivity (Wildman–Crippen MR) is 60.3 cm³/mol. The van der Waals surface area contributed by atoms with Gasteiger partial charge in [0, 0.05) is 0 Å². The van der Waals surface area contributed by atoms with E-state index in [0.29, 0.717) is 0 Å². The number of carboxylic acid groups (broad SMARTS) is 2. The zero-order valence-electron chi connectivity index (χ0n) is 9.26. The molecule has 102 valence electrons. The largest absolute Gasteiger partial charge is 0.481 e. The van der Waals surface area contributed by atoms with Crippen LogP contribution < -0.4 is 5.32 Å². The van der Waals surface area contributed by atoms with Crippen LogP contribution in [0.3, 0.4) is 0 Å². The summed E-state index contributed by atoms with van der Waals surface area (Å²) in [4.78, 5) is 36.2. The van der Waals surface area contributed by atoms with E-state index in [0.717, 1.165) is 12.3 Å². The van der Waals surface area contributed by atoms with Crippen molar-refractivity contribution in [3.63, 3.8) is 0 Å². The average Bonchev–Trinajstić information content (AvgIpc) is 2.30. The summed E-state index contributed by atoms with van der Waals surface area (Å²) < 4.78 is 12.9. The Balaban J connectivity index is 2.90. The Kier molecular flexibility index (Phi) is 4.76. The lowest BCUT2D eigenvalue weighted by Gasteiger charge is -2.12. The topological polar surface area (TPSA) is 117 Å². The highest BCUT2D eigenvalue weighted by atomic mass is 35.5. The molecule has 19 heavy (non-hydrogen) atoms. The number of nitrogens with zero attached hydrogens (tertiary/aromatic N) is 1. The molecule has 0 radical (unpaired) electrons. The lowest BCUT2D eigenvalue weighted by atomic mass is 10.2. The molecule has 0 aromatic carbocycles. The van der Waals surface area contributed by atoms with Gasteiger partial charge in [-0.25, -0.2) is 14.2 Å². The molecule has 1 rings (SSSR count). The van der Waals surface area contributed by atoms with Crippen LogP contribution in [0.5, 0.6) is 0 Å². The summed E-state index contributed by atoms with van der Waals surface area (Å²) in [5, 5.41) is 18.8. The highest BCUT2D eigenvalue weighted by Gasteiger charge is 2.24. The molecule has 9 heteroatoms. The smallest absolute Gasteiger partial charge is 0.326 e. The number of pyridine rings is 1. The minimum atomic E-state index is -1.65. The van der Waals surface area contributed by atoms with E-state index in [2.05, 4.69) is 4.98 Å². The van der Waals surface area contributed by atoms with E-state index < -0.39 is 36.1 Å². The first-order valence-corrected chi connectivity index (χ1v) is 5.25. The zero-order chi connectivity index (χ0) is 14.6. The fourth-order valence-corrected chi connectivity index (χ4v) is 1.38. The fourth-order valence-electron chi connectivity index (χ4n) is 1.19. The molecule has 1 amide bonds. The molecule has 0 bridgehead atoms. The SMILES string of the molecule is O=C(O)CC(NC(=O)c1cc(F)cnc1Cl)C(=O)O. The summed E-state index contributed by atoms with van der Waals surface area (Å²) >= 11 is 5.56. The summed E-state index contributed by atoms with van der Waals surface area (Å²) in [6, 6.07) is -0.881. The monoisotopic (exact) mass is 290 g/mol. The maximum atomic E-state index is 12.9. The van der Waals surface area contributed by atoms with Gasteiger partial charge in [0.15, 0.2) is 0 Å². The van der Waals surface area contributed by atoms with Crippen molar-refractivity contribution in [2.75, 3.05) is 0 Å². The van der Waals surface area contributed by atoms with Gasteiger partial charge < -0.3 is 15.5 Å². The van der Waals surface area contributed by atoms with Gasteiger partial charge in [0.2, 0.25) is 0 Å². The molecule has 0 aliphatic heterocycles. The standard InChI is InChI=1S/C10H8ClFN2O5/c11-8-5(1-4(12)3-13-8)9(17)14-6(10(18)19)2-7(15)16/h1,3,6H,2H2,(H,14,17)(H,15,16)(H,18,19). The molecule has 1 aromatic heterocycles. The Morgan fingerprint density at radius 1 is 1.42 bits per heavy atom. The van der Waals surface area contributed by atoms with Crippen LogP contribution in [0, 0.1) is 5.82 Å². The van der Waals surface area contributed by atoms with Crippen molar-refractivity contribution >= 4 is 29.4 Å². The van der Waals surface area contributed by atoms with Crippen molar-refractivity contribution in [3.8, 4) is 0 Å². The van der Waals surface area contributed by atoms with Crippen LogP contribution in [0.1, 0.15) is 16.8 Å². The van der Waals surface area contributed by atoms with Crippen molar-refractivity contribution in [2.24, 2.45) is 0 Å². The van der Waals surface area contributed by atoms with Crippen molar-refractivity contribution in [1.29, 1.82) is 0 Å². The second-order valence-electron chi connectivity index (χ2n) is 3.45. The Hall–Kier alpha value is -2.22. The first-order valence-electron chi connectivity index (χ1n) is 4.87. The van der Waals surface area contributed by atoms with E-state index in [4.69, 9.17) is 21.8 Å². The van der Waals surface area contributed by atoms with Gasteiger partial charge in [-0.3, -0.25) is 9.59 Å². The summed E-state index contributed by atoms with van der Waals surface area (Å²) in [5.74, 6) is -4.79. The number of carboxylic acids is 2. The molecule has 0 fully saturated rings. The van der Waals surface area contributed by atoms with Crippen molar-refractivity contribution in [3.05, 3.63) is 28.8 Å². The van der Waals surface area contributed by atoms with Gasteiger partial charge in [0.25, 0.3) is 5.91 Å². The number of rotatable bonds is 5. The Bertz CT molecular complexity index is 537. The van der Waals surface area contributed by atoms with Gasteiger partial charge in [-0.2, -0.15) is 0 Å². The van der Waals surface area contributed by atoms with Gasteiger partial charge >= 0.3 is 11.9 Å². The highest BCUT2D eigenvalue weighted by molar-refractivity contribution is 6.32. The van der Waals surface area contributed by atoms with E-state index in [1.807, 2.05) is 5.32 Å². The molecule has 0 saturated heterocycles. The van der Waals surface area contributed by atoms with Gasteiger partial charge in [0.1, 0.15) is 17.0 Å². The van der Waals surface area contributed by atoms with Crippen molar-refractivity contribution < 1.29 is 29.0 Å². The normalized spacial score (nSPS) is 11.7. The van der Waals surface area contributed by atoms with Crippen LogP contribution in [0.25, 0.3) is 0 Å². The summed E-state index contributed by atoms with van der Waals surface area (Å²) in [5.41, 5.74) is -0.377. The van der Waals surface area contributed by atoms with Crippen LogP contribution in [-0.2, 0) is 9.59 Å². The number of aromatic nitrogens is 1. The molecule has 0 aliphatic rings. The summed E-state index contributed by atoms with van der Waals surface area (Å²) in [7, 11) is 0. The molecule has 1 atom stereocenters. The minimum absolute atomic E-state index is 0.321. The number of aliphatic carboxylic acids is 2. The van der Waals surface area contributed by atoms with Crippen LogP contribution in [-0.4, -0.2) is 39.1 Å². The summed E-state index contributed by atoms with van der Waals surface area (Å²) in [6.45, 7) is 0. The Labute approximate surface area is 111 Å². The lowest BCUT2D eigenvalue weighted by Crippen LogP contribution is -2.42. The van der Waals surface area contributed by atoms with E-state index in [-0.39, 0.29) is 10.7 Å². The number of carbonyl (C=O) groups is 3. The van der Waals surface area contributed by atoms with E-state index >= 15 is 0 Å². The quantitative estimate of drug-likeness (QED) is 0.681. The molecule has 0 saturated carbocycles. The van der Waals surface area contributed by atoms with Gasteiger partial charge in [-0.1, -0.05) is 11.6 Å². The number of carbonyl (C=O) groups excluding carboxylic acids is 1. The van der Waals surface area contributed by atoms with E-state index in [9.17, 15) is 18.8 Å². The second-order valence-corrected chi connectivity index (χ2v) is 3.81. The number of amides is 1. The van der Waals surface area contributed by atoms with Crippen LogP contribution in [0.2, 0.25) is 5.15 Å². The third kappa shape index (κ3) is 4.18. The molecular weight excluding hydrogens is 283 g/mol. The molecule has 1 heterocycles. The van der Waals surface area contributed by atoms with Crippen LogP contribution >= 0.6 is 11.6 Å². The Morgan fingerprint density at radius 2 is 2.05 bits per heavy atom. The molecular formula is C10H8ClFN2O5. The zero-order valence-corrected chi connectivity index (χ0v) is 10.0. The maximum Gasteiger partial charge on any atom is 0.326 e. The van der Waals surface area contributed by atoms with Gasteiger partial charge in [-0.15, -0.1) is 0 Å². The van der Waals surface area contributed by atoms with E-state index in [1.54, 1.807) is 0 Å². The average molecular weight is 291 g/mol. The minimum Gasteiger partial charge on any atom is -0.481 e. The molecule has 3 N–H and O–H groups in total. The lowest BCUT2D eigenvalue weighted by molar-refractivity contribution is -0.145. The molecule has 0 spiro atoms. The number of nitrogens with one attached hydrogen (secondary N) is 1. The first-order chi connectivity index (χ1) is 8.81. The first kappa shape index (κ1) is 14.8. The maximum absolute atomic E-state index is 12.9. The predicted octanol–water partition coefficient (Wildman–Crippen LogP) is 0.532. The second kappa shape index (κ2) is 6.10. The third-order valence-corrected chi connectivity index (χ3v) is 2.33. The van der Waals surface area contributed by atoms with Gasteiger partial charge in [-0.05, 0) is 6.07 Å². The summed E-state index contributed by atoms with van der Waals surface area (Å²) in [6.07, 6.45) is -0.0352. The molecule has 1 aromatic rings. The van der Waals surface area contributed by atoms with Crippen molar-refractivity contribution in [2.45, 2.75) is 12.5 Å². The molecule has 0 aliphatic carbocycles. The molecule has 7 nitrogen and oxygen atoms in total. The highest BCUT2D eigenvalue weighted by Crippen LogP contribution is 2.14. The number of hydrogen-bond donors (Lipinski definition) is 3. The molecule has 1 unspecified atom stereocenters. The third-order valence-electron chi connectivity index (χ3n) is 2.03. The fraction of sp³-hybridized carbons (Fsp3) is 0.200. The van der Waals surface area contributed by atoms with Crippen LogP contribution in [0.15, 0.2) is 12.3 Å². The van der Waals surface area contributed by atoms with Crippen LogP contribution in [0.4, 0.5) is 4.39 Å².